The third-order valence-electron chi connectivity index (χ3n) is 10.3. The number of hydrogen-bond acceptors (Lipinski definition) is 10. The number of halogens is 1. The highest BCUT2D eigenvalue weighted by Crippen LogP contribution is 2.36. The second-order valence-corrected chi connectivity index (χ2v) is 15.4. The van der Waals surface area contributed by atoms with Crippen LogP contribution in [0.25, 0.3) is 21.8 Å². The minimum atomic E-state index is -0.742. The van der Waals surface area contributed by atoms with Gasteiger partial charge in [-0.25, -0.2) is 15.0 Å². The van der Waals surface area contributed by atoms with Crippen LogP contribution < -0.4 is 31.0 Å². The van der Waals surface area contributed by atoms with E-state index in [9.17, 15) is 14.4 Å². The zero-order valence-corrected chi connectivity index (χ0v) is 34.3. The van der Waals surface area contributed by atoms with Crippen LogP contribution in [-0.4, -0.2) is 51.6 Å². The number of benzene rings is 3. The summed E-state index contributed by atoms with van der Waals surface area (Å²) in [5.74, 6) is 2.49. The summed E-state index contributed by atoms with van der Waals surface area (Å²) in [6.45, 7) is 7.09. The fraction of sp³-hybridized carbons (Fsp3) is 0.442. The number of aromatic nitrogens is 4. The van der Waals surface area contributed by atoms with Gasteiger partial charge in [0, 0.05) is 34.6 Å². The van der Waals surface area contributed by atoms with E-state index >= 15 is 0 Å². The summed E-state index contributed by atoms with van der Waals surface area (Å²) < 4.78 is 14.4. The molecular formula is C43H52BrN7O5. The molecule has 2 amide bonds. The summed E-state index contributed by atoms with van der Waals surface area (Å²) in [6.07, 6.45) is 10.6. The normalized spacial score (nSPS) is 14.8. The van der Waals surface area contributed by atoms with Crippen molar-refractivity contribution in [3.8, 4) is 11.5 Å². The Kier molecular flexibility index (Phi) is 13.9. The van der Waals surface area contributed by atoms with Gasteiger partial charge in [0.25, 0.3) is 5.56 Å². The van der Waals surface area contributed by atoms with Crippen molar-refractivity contribution >= 4 is 61.1 Å². The Labute approximate surface area is 336 Å². The molecule has 0 saturated carbocycles. The first-order valence-corrected chi connectivity index (χ1v) is 20.5. The van der Waals surface area contributed by atoms with Crippen molar-refractivity contribution in [2.75, 3.05) is 30.9 Å². The largest absolute Gasteiger partial charge is 0.493 e. The molecule has 2 unspecified atom stereocenters. The van der Waals surface area contributed by atoms with Crippen LogP contribution in [0.2, 0.25) is 0 Å². The molecule has 0 aliphatic carbocycles. The molecule has 3 aromatic carbocycles. The first-order chi connectivity index (χ1) is 27.1. The minimum Gasteiger partial charge on any atom is -0.493 e. The lowest BCUT2D eigenvalue weighted by atomic mass is 10.1. The number of aryl methyl sites for hydroxylation is 2. The average molecular weight is 827 g/mol. The number of amides is 2. The summed E-state index contributed by atoms with van der Waals surface area (Å²) in [7, 11) is 1.66. The fourth-order valence-corrected chi connectivity index (χ4v) is 7.78. The third-order valence-corrected chi connectivity index (χ3v) is 10.8. The predicted molar refractivity (Wildman–Crippen MR) is 225 cm³/mol. The molecule has 1 aliphatic rings. The number of anilines is 2. The maximum absolute atomic E-state index is 13.6. The van der Waals surface area contributed by atoms with Gasteiger partial charge in [0.15, 0.2) is 11.5 Å². The number of piperidine rings is 1. The smallest absolute Gasteiger partial charge is 0.264 e. The summed E-state index contributed by atoms with van der Waals surface area (Å²) in [5.41, 5.74) is 3.01. The number of rotatable bonds is 19. The van der Waals surface area contributed by atoms with E-state index in [0.717, 1.165) is 71.1 Å². The average Bonchev–Trinajstić information content (AvgIpc) is 3.17. The molecule has 5 aromatic rings. The molecule has 1 saturated heterocycles. The van der Waals surface area contributed by atoms with Gasteiger partial charge in [-0.15, -0.1) is 0 Å². The van der Waals surface area contributed by atoms with E-state index in [1.807, 2.05) is 49.4 Å². The van der Waals surface area contributed by atoms with Gasteiger partial charge in [0.2, 0.25) is 11.8 Å². The number of carbonyl (C=O) groups is 2. The van der Waals surface area contributed by atoms with Gasteiger partial charge in [0.1, 0.15) is 23.5 Å². The Morgan fingerprint density at radius 3 is 2.34 bits per heavy atom. The molecule has 2 atom stereocenters. The Balaban J connectivity index is 0.892. The Bertz CT molecular complexity index is 2240. The Morgan fingerprint density at radius 2 is 1.61 bits per heavy atom. The van der Waals surface area contributed by atoms with Gasteiger partial charge in [-0.1, -0.05) is 79.1 Å². The standard InChI is InChI=1S/C43H52BrN7O5/c1-27(30-16-14-17-31(44)24-30)46-41-32-25-37(55-4)38(26-35(32)47-28(2)48-41)56-23-13-11-9-7-5-6-8-10-12-22-45-33-18-15-19-34-40(33)43(54)51(29(3)49-34)36-20-21-39(52)50-42(36)53/h14-19,24-27,36,45H,5-13,20-23H2,1-4H3,(H,46,47,48)(H,50,52,53). The zero-order valence-electron chi connectivity index (χ0n) is 32.8. The summed E-state index contributed by atoms with van der Waals surface area (Å²) in [4.78, 5) is 51.9. The van der Waals surface area contributed by atoms with Crippen LogP contribution in [0.15, 0.2) is 63.9 Å². The van der Waals surface area contributed by atoms with E-state index in [1.54, 1.807) is 14.0 Å². The molecule has 3 heterocycles. The molecule has 296 valence electrons. The summed E-state index contributed by atoms with van der Waals surface area (Å²) >= 11 is 3.57. The predicted octanol–water partition coefficient (Wildman–Crippen LogP) is 8.88. The molecular weight excluding hydrogens is 774 g/mol. The van der Waals surface area contributed by atoms with Gasteiger partial charge in [-0.2, -0.15) is 0 Å². The van der Waals surface area contributed by atoms with E-state index in [0.29, 0.717) is 40.7 Å². The number of unbranched alkanes of at least 4 members (excludes halogenated alkanes) is 8. The van der Waals surface area contributed by atoms with E-state index in [1.165, 1.54) is 30.3 Å². The van der Waals surface area contributed by atoms with Gasteiger partial charge >= 0.3 is 0 Å². The minimum absolute atomic E-state index is 0.0411. The second-order valence-electron chi connectivity index (χ2n) is 14.5. The molecule has 6 rings (SSSR count). The fourth-order valence-electron chi connectivity index (χ4n) is 7.37. The maximum atomic E-state index is 13.6. The quantitative estimate of drug-likeness (QED) is 0.0545. The van der Waals surface area contributed by atoms with Crippen molar-refractivity contribution in [3.63, 3.8) is 0 Å². The Hall–Kier alpha value is -5.04. The highest BCUT2D eigenvalue weighted by molar-refractivity contribution is 9.10. The van der Waals surface area contributed by atoms with Crippen molar-refractivity contribution in [1.29, 1.82) is 0 Å². The molecule has 1 fully saturated rings. The number of imide groups is 1. The number of ether oxygens (including phenoxy) is 2. The molecule has 2 aromatic heterocycles. The number of fused-ring (bicyclic) bond motifs is 2. The molecule has 0 spiro atoms. The van der Waals surface area contributed by atoms with Crippen LogP contribution in [0.3, 0.4) is 0 Å². The van der Waals surface area contributed by atoms with Crippen LogP contribution in [0, 0.1) is 13.8 Å². The van der Waals surface area contributed by atoms with Crippen molar-refractivity contribution in [3.05, 3.63) is 86.6 Å². The van der Waals surface area contributed by atoms with Crippen LogP contribution in [0.4, 0.5) is 11.5 Å². The van der Waals surface area contributed by atoms with Crippen molar-refractivity contribution in [1.82, 2.24) is 24.8 Å². The van der Waals surface area contributed by atoms with Crippen molar-refractivity contribution < 1.29 is 19.1 Å². The van der Waals surface area contributed by atoms with Gasteiger partial charge < -0.3 is 20.1 Å². The zero-order chi connectivity index (χ0) is 39.6. The van der Waals surface area contributed by atoms with E-state index in [-0.39, 0.29) is 30.3 Å². The Morgan fingerprint density at radius 1 is 0.875 bits per heavy atom. The SMILES string of the molecule is COc1cc2c(NC(C)c3cccc(Br)c3)nc(C)nc2cc1OCCCCCCCCCCCNc1cccc2nc(C)n(C3CCC(=O)NC3=O)c(=O)c12. The second kappa shape index (κ2) is 19.2. The van der Waals surface area contributed by atoms with Crippen LogP contribution in [0.5, 0.6) is 11.5 Å². The lowest BCUT2D eigenvalue weighted by Gasteiger charge is -2.24. The van der Waals surface area contributed by atoms with Gasteiger partial charge in [-0.05, 0) is 75.9 Å². The lowest BCUT2D eigenvalue weighted by molar-refractivity contribution is -0.135. The van der Waals surface area contributed by atoms with Gasteiger partial charge in [0.05, 0.1) is 36.2 Å². The molecule has 56 heavy (non-hydrogen) atoms. The van der Waals surface area contributed by atoms with Crippen molar-refractivity contribution in [2.45, 2.75) is 103 Å². The lowest BCUT2D eigenvalue weighted by Crippen LogP contribution is -2.45. The monoisotopic (exact) mass is 825 g/mol. The van der Waals surface area contributed by atoms with Crippen LogP contribution in [0.1, 0.15) is 107 Å². The van der Waals surface area contributed by atoms with E-state index in [2.05, 4.69) is 55.9 Å². The number of nitrogens with one attached hydrogen (secondary N) is 3. The number of hydrogen-bond donors (Lipinski definition) is 3. The number of carbonyl (C=O) groups excluding carboxylic acids is 2. The van der Waals surface area contributed by atoms with Crippen molar-refractivity contribution in [2.24, 2.45) is 0 Å². The molecule has 13 heteroatoms. The molecule has 0 radical (unpaired) electrons. The molecule has 1 aliphatic heterocycles. The van der Waals surface area contributed by atoms with Crippen LogP contribution in [-0.2, 0) is 9.59 Å². The summed E-state index contributed by atoms with van der Waals surface area (Å²) in [6, 6.07) is 17.0. The highest BCUT2D eigenvalue weighted by atomic mass is 79.9. The highest BCUT2D eigenvalue weighted by Gasteiger charge is 2.31. The third kappa shape index (κ3) is 10.0. The first kappa shape index (κ1) is 40.6. The van der Waals surface area contributed by atoms with Gasteiger partial charge in [-0.3, -0.25) is 24.3 Å². The van der Waals surface area contributed by atoms with E-state index in [4.69, 9.17) is 19.4 Å². The van der Waals surface area contributed by atoms with Crippen LogP contribution >= 0.6 is 15.9 Å². The molecule has 0 bridgehead atoms. The number of methoxy groups -OCH3 is 1. The molecule has 3 N–H and O–H groups in total. The van der Waals surface area contributed by atoms with E-state index < -0.39 is 11.9 Å². The number of nitrogens with zero attached hydrogens (tertiary/aromatic N) is 4. The summed E-state index contributed by atoms with van der Waals surface area (Å²) in [5, 5.41) is 10.7. The maximum Gasteiger partial charge on any atom is 0.264 e. The topological polar surface area (TPSA) is 149 Å². The first-order valence-electron chi connectivity index (χ1n) is 19.7. The molecule has 12 nitrogen and oxygen atoms in total.